The number of aromatic nitrogens is 4. The Bertz CT molecular complexity index is 1340. The molecule has 2 aromatic heterocycles. The Morgan fingerprint density at radius 1 is 1.18 bits per heavy atom. The summed E-state index contributed by atoms with van der Waals surface area (Å²) in [5.74, 6) is 1.98. The van der Waals surface area contributed by atoms with Gasteiger partial charge in [-0.15, -0.1) is 0 Å². The lowest BCUT2D eigenvalue weighted by molar-refractivity contribution is 0.0691. The highest BCUT2D eigenvalue weighted by atomic mass is 32.2. The van der Waals surface area contributed by atoms with Crippen LogP contribution in [0.4, 0.5) is 11.8 Å². The molecule has 1 N–H and O–H groups in total. The van der Waals surface area contributed by atoms with Gasteiger partial charge in [-0.05, 0) is 32.4 Å². The van der Waals surface area contributed by atoms with Gasteiger partial charge in [-0.3, -0.25) is 0 Å². The van der Waals surface area contributed by atoms with E-state index in [1.807, 2.05) is 28.8 Å². The SMILES string of the molecule is CCCNc1nc2ccccc2n1-c1nc2c(c(C(C)(C)S(C)(=O)=O)n1)OCC1COCCN21. The number of hydrogen-bond donors (Lipinski definition) is 1. The van der Waals surface area contributed by atoms with Gasteiger partial charge < -0.3 is 19.7 Å². The minimum atomic E-state index is -3.52. The van der Waals surface area contributed by atoms with Gasteiger partial charge in [-0.1, -0.05) is 19.1 Å². The molecule has 5 rings (SSSR count). The highest BCUT2D eigenvalue weighted by molar-refractivity contribution is 7.91. The molecule has 0 bridgehead atoms. The van der Waals surface area contributed by atoms with Crippen LogP contribution in [0.25, 0.3) is 17.0 Å². The largest absolute Gasteiger partial charge is 0.486 e. The van der Waals surface area contributed by atoms with Crippen molar-refractivity contribution in [2.24, 2.45) is 0 Å². The first kappa shape index (κ1) is 22.9. The number of nitrogens with one attached hydrogen (secondary N) is 1. The first-order valence-corrected chi connectivity index (χ1v) is 13.4. The van der Waals surface area contributed by atoms with Crippen molar-refractivity contribution in [2.75, 3.05) is 49.4 Å². The number of morpholine rings is 1. The molecule has 3 aromatic rings. The fraction of sp³-hybridized carbons (Fsp3) is 0.522. The molecule has 0 radical (unpaired) electrons. The molecule has 34 heavy (non-hydrogen) atoms. The lowest BCUT2D eigenvalue weighted by Gasteiger charge is -2.41. The van der Waals surface area contributed by atoms with Gasteiger partial charge in [-0.2, -0.15) is 4.98 Å². The van der Waals surface area contributed by atoms with E-state index >= 15 is 0 Å². The molecule has 1 unspecified atom stereocenters. The smallest absolute Gasteiger partial charge is 0.239 e. The summed E-state index contributed by atoms with van der Waals surface area (Å²) >= 11 is 0. The Labute approximate surface area is 199 Å². The number of sulfone groups is 1. The number of imidazole rings is 1. The maximum absolute atomic E-state index is 12.9. The van der Waals surface area contributed by atoms with Crippen molar-refractivity contribution in [2.45, 2.75) is 38.0 Å². The molecule has 182 valence electrons. The number of benzene rings is 1. The van der Waals surface area contributed by atoms with Gasteiger partial charge in [0.2, 0.25) is 11.9 Å². The first-order valence-electron chi connectivity index (χ1n) is 11.5. The molecule has 1 fully saturated rings. The Kier molecular flexibility index (Phi) is 5.64. The number of anilines is 2. The second-order valence-corrected chi connectivity index (χ2v) is 11.8. The minimum absolute atomic E-state index is 0.00964. The van der Waals surface area contributed by atoms with Crippen molar-refractivity contribution in [3.63, 3.8) is 0 Å². The Hall–Kier alpha value is -2.92. The summed E-state index contributed by atoms with van der Waals surface area (Å²) in [4.78, 5) is 16.7. The highest BCUT2D eigenvalue weighted by Crippen LogP contribution is 2.43. The molecule has 0 amide bonds. The van der Waals surface area contributed by atoms with Crippen LogP contribution in [0.5, 0.6) is 5.75 Å². The van der Waals surface area contributed by atoms with Gasteiger partial charge >= 0.3 is 0 Å². The zero-order valence-corrected chi connectivity index (χ0v) is 20.7. The van der Waals surface area contributed by atoms with Crippen LogP contribution in [0.15, 0.2) is 24.3 Å². The predicted octanol–water partition coefficient (Wildman–Crippen LogP) is 2.51. The summed E-state index contributed by atoms with van der Waals surface area (Å²) in [6.07, 6.45) is 2.15. The van der Waals surface area contributed by atoms with Gasteiger partial charge in [0.05, 0.1) is 30.3 Å². The number of para-hydroxylation sites is 2. The van der Waals surface area contributed by atoms with Crippen molar-refractivity contribution >= 4 is 32.6 Å². The van der Waals surface area contributed by atoms with E-state index in [0.29, 0.717) is 55.5 Å². The summed E-state index contributed by atoms with van der Waals surface area (Å²) in [6.45, 7) is 8.25. The summed E-state index contributed by atoms with van der Waals surface area (Å²) in [6, 6.07) is 7.77. The van der Waals surface area contributed by atoms with Crippen molar-refractivity contribution in [1.82, 2.24) is 19.5 Å². The summed E-state index contributed by atoms with van der Waals surface area (Å²) in [5, 5.41) is 3.36. The lowest BCUT2D eigenvalue weighted by atomic mass is 10.1. The van der Waals surface area contributed by atoms with Gasteiger partial charge in [0.1, 0.15) is 17.0 Å². The average molecular weight is 487 g/mol. The second-order valence-electron chi connectivity index (χ2n) is 9.23. The van der Waals surface area contributed by atoms with Crippen LogP contribution >= 0.6 is 0 Å². The van der Waals surface area contributed by atoms with Crippen molar-refractivity contribution in [1.29, 1.82) is 0 Å². The van der Waals surface area contributed by atoms with E-state index in [4.69, 9.17) is 24.4 Å². The molecule has 0 spiro atoms. The van der Waals surface area contributed by atoms with Crippen LogP contribution in [-0.2, 0) is 19.3 Å². The van der Waals surface area contributed by atoms with Crippen molar-refractivity contribution < 1.29 is 17.9 Å². The van der Waals surface area contributed by atoms with Crippen molar-refractivity contribution in [3.05, 3.63) is 30.0 Å². The van der Waals surface area contributed by atoms with E-state index in [1.165, 1.54) is 6.26 Å². The molecule has 1 atom stereocenters. The second kappa shape index (κ2) is 8.38. The first-order chi connectivity index (χ1) is 16.2. The quantitative estimate of drug-likeness (QED) is 0.562. The summed E-state index contributed by atoms with van der Waals surface area (Å²) in [7, 11) is -3.52. The van der Waals surface area contributed by atoms with Crippen LogP contribution in [0.2, 0.25) is 0 Å². The molecule has 4 heterocycles. The third-order valence-electron chi connectivity index (χ3n) is 6.55. The van der Waals surface area contributed by atoms with E-state index in [0.717, 1.165) is 24.0 Å². The molecule has 1 aromatic carbocycles. The zero-order valence-electron chi connectivity index (χ0n) is 19.9. The molecule has 0 saturated carbocycles. The third-order valence-corrected chi connectivity index (χ3v) is 8.59. The van der Waals surface area contributed by atoms with Gasteiger partial charge in [0, 0.05) is 19.3 Å². The average Bonchev–Trinajstić information content (AvgIpc) is 3.19. The Balaban J connectivity index is 1.79. The minimum Gasteiger partial charge on any atom is -0.486 e. The number of nitrogens with zero attached hydrogens (tertiary/aromatic N) is 5. The maximum Gasteiger partial charge on any atom is 0.239 e. The maximum atomic E-state index is 12.9. The highest BCUT2D eigenvalue weighted by Gasteiger charge is 2.42. The predicted molar refractivity (Wildman–Crippen MR) is 131 cm³/mol. The van der Waals surface area contributed by atoms with E-state index in [9.17, 15) is 8.42 Å². The Morgan fingerprint density at radius 3 is 2.74 bits per heavy atom. The molecular formula is C23H30N6O4S. The molecule has 0 aliphatic carbocycles. The van der Waals surface area contributed by atoms with Crippen LogP contribution in [0.3, 0.4) is 0 Å². The summed E-state index contributed by atoms with van der Waals surface area (Å²) < 4.78 is 38.0. The molecular weight excluding hydrogens is 456 g/mol. The monoisotopic (exact) mass is 486 g/mol. The number of hydrogen-bond acceptors (Lipinski definition) is 9. The zero-order chi connectivity index (χ0) is 24.1. The van der Waals surface area contributed by atoms with Crippen LogP contribution in [-0.4, -0.2) is 73.1 Å². The van der Waals surface area contributed by atoms with E-state index < -0.39 is 14.6 Å². The topological polar surface area (TPSA) is 111 Å². The van der Waals surface area contributed by atoms with Crippen LogP contribution in [0.1, 0.15) is 32.9 Å². The van der Waals surface area contributed by atoms with Gasteiger partial charge in [0.15, 0.2) is 21.4 Å². The van der Waals surface area contributed by atoms with E-state index in [2.05, 4.69) is 17.1 Å². The fourth-order valence-corrected chi connectivity index (χ4v) is 4.76. The Morgan fingerprint density at radius 2 is 1.97 bits per heavy atom. The van der Waals surface area contributed by atoms with Gasteiger partial charge in [-0.25, -0.2) is 23.0 Å². The van der Waals surface area contributed by atoms with E-state index in [-0.39, 0.29) is 6.04 Å². The lowest BCUT2D eigenvalue weighted by Crippen LogP contribution is -2.52. The molecule has 11 heteroatoms. The standard InChI is InChI=1S/C23H30N6O4S/c1-5-10-24-21-25-16-8-6-7-9-17(16)29(21)22-26-19(23(2,3)34(4,30)31)18-20(27-22)28-11-12-32-13-15(28)14-33-18/h6-9,15H,5,10-14H2,1-4H3,(H,24,25). The molecule has 1 saturated heterocycles. The molecule has 2 aliphatic rings. The van der Waals surface area contributed by atoms with Crippen LogP contribution in [0, 0.1) is 0 Å². The fourth-order valence-electron chi connectivity index (χ4n) is 4.27. The summed E-state index contributed by atoms with van der Waals surface area (Å²) in [5.41, 5.74) is 1.98. The van der Waals surface area contributed by atoms with E-state index in [1.54, 1.807) is 13.8 Å². The molecule has 10 nitrogen and oxygen atoms in total. The normalized spacial score (nSPS) is 18.4. The number of rotatable bonds is 6. The molecule has 2 aliphatic heterocycles. The van der Waals surface area contributed by atoms with Gasteiger partial charge in [0.25, 0.3) is 0 Å². The third kappa shape index (κ3) is 3.67. The number of fused-ring (bicyclic) bond motifs is 4. The van der Waals surface area contributed by atoms with Crippen LogP contribution < -0.4 is 15.0 Å². The van der Waals surface area contributed by atoms with Crippen molar-refractivity contribution in [3.8, 4) is 11.7 Å². The number of ether oxygens (including phenoxy) is 2.